The summed E-state index contributed by atoms with van der Waals surface area (Å²) in [5.41, 5.74) is -0.451. The second-order valence-electron chi connectivity index (χ2n) is 7.47. The molecule has 2 aliphatic rings. The van der Waals surface area contributed by atoms with Crippen LogP contribution >= 0.6 is 25.3 Å². The maximum Gasteiger partial charge on any atom is 0.324 e. The molecule has 2 atom stereocenters. The summed E-state index contributed by atoms with van der Waals surface area (Å²) in [5, 5.41) is 6.30. The first kappa shape index (κ1) is 20.9. The number of thiol groups is 2. The molecule has 2 heterocycles. The van der Waals surface area contributed by atoms with Gasteiger partial charge in [0.25, 0.3) is 0 Å². The molecule has 2 saturated heterocycles. The minimum absolute atomic E-state index is 0.112. The molecule has 30 heavy (non-hydrogen) atoms. The minimum atomic E-state index is -1.08. The largest absolute Gasteiger partial charge is 0.324 e. The van der Waals surface area contributed by atoms with E-state index in [0.29, 0.717) is 37.4 Å². The van der Waals surface area contributed by atoms with E-state index in [4.69, 9.17) is 0 Å². The SMILES string of the molecule is O=C1NC2(c3ccccc3)N(CCCS)C(=O)N(CCCS)C2(c2ccccc2)N1. The predicted molar refractivity (Wildman–Crippen MR) is 124 cm³/mol. The first-order valence-corrected chi connectivity index (χ1v) is 11.4. The van der Waals surface area contributed by atoms with Crippen molar-refractivity contribution in [1.82, 2.24) is 20.4 Å². The Balaban J connectivity index is 2.00. The molecular weight excluding hydrogens is 416 g/mol. The van der Waals surface area contributed by atoms with Gasteiger partial charge in [-0.1, -0.05) is 60.7 Å². The highest BCUT2D eigenvalue weighted by molar-refractivity contribution is 7.80. The number of rotatable bonds is 8. The van der Waals surface area contributed by atoms with E-state index in [9.17, 15) is 9.59 Å². The van der Waals surface area contributed by atoms with Crippen molar-refractivity contribution in [1.29, 1.82) is 0 Å². The molecule has 2 unspecified atom stereocenters. The van der Waals surface area contributed by atoms with E-state index in [1.54, 1.807) is 9.80 Å². The van der Waals surface area contributed by atoms with Gasteiger partial charge in [0.15, 0.2) is 11.3 Å². The fourth-order valence-electron chi connectivity index (χ4n) is 4.72. The molecule has 0 spiro atoms. The van der Waals surface area contributed by atoms with Crippen molar-refractivity contribution in [2.75, 3.05) is 24.6 Å². The van der Waals surface area contributed by atoms with Gasteiger partial charge in [-0.2, -0.15) is 25.3 Å². The Morgan fingerprint density at radius 1 is 0.700 bits per heavy atom. The molecule has 8 heteroatoms. The second-order valence-corrected chi connectivity index (χ2v) is 8.37. The monoisotopic (exact) mass is 442 g/mol. The number of nitrogens with one attached hydrogen (secondary N) is 2. The Morgan fingerprint density at radius 2 is 1.10 bits per heavy atom. The van der Waals surface area contributed by atoms with Gasteiger partial charge in [-0.3, -0.25) is 9.80 Å². The Labute approximate surface area is 187 Å². The van der Waals surface area contributed by atoms with Crippen LogP contribution in [0, 0.1) is 0 Å². The number of nitrogens with zero attached hydrogens (tertiary/aromatic N) is 2. The van der Waals surface area contributed by atoms with Gasteiger partial charge in [-0.25, -0.2) is 9.59 Å². The highest BCUT2D eigenvalue weighted by Gasteiger charge is 2.73. The Morgan fingerprint density at radius 3 is 1.47 bits per heavy atom. The molecule has 4 amide bonds. The summed E-state index contributed by atoms with van der Waals surface area (Å²) >= 11 is 8.71. The molecule has 0 saturated carbocycles. The van der Waals surface area contributed by atoms with Gasteiger partial charge in [-0.05, 0) is 24.3 Å². The summed E-state index contributed by atoms with van der Waals surface area (Å²) < 4.78 is 0. The van der Waals surface area contributed by atoms with Gasteiger partial charge >= 0.3 is 12.1 Å². The van der Waals surface area contributed by atoms with Gasteiger partial charge in [-0.15, -0.1) is 0 Å². The molecule has 0 aromatic heterocycles. The molecule has 158 valence electrons. The number of urea groups is 2. The zero-order valence-corrected chi connectivity index (χ0v) is 18.4. The molecule has 2 aromatic rings. The van der Waals surface area contributed by atoms with E-state index in [-0.39, 0.29) is 12.1 Å². The first-order valence-electron chi connectivity index (χ1n) is 10.1. The lowest BCUT2D eigenvalue weighted by Crippen LogP contribution is -2.62. The van der Waals surface area contributed by atoms with Gasteiger partial charge in [0, 0.05) is 24.2 Å². The van der Waals surface area contributed by atoms with E-state index < -0.39 is 11.3 Å². The lowest BCUT2D eigenvalue weighted by atomic mass is 9.81. The molecule has 0 bridgehead atoms. The molecule has 4 rings (SSSR count). The summed E-state index contributed by atoms with van der Waals surface area (Å²) in [6, 6.07) is 19.0. The standard InChI is InChI=1S/C22H26N4O2S2/c27-19-23-21(17-9-3-1-4-10-17)22(24-19,18-11-5-2-6-12-18)26(14-8-16-30)20(28)25(21)13-7-15-29/h1-6,9-12,29-30H,7-8,13-16H2,(H2,23,24,27). The van der Waals surface area contributed by atoms with Crippen molar-refractivity contribution in [2.24, 2.45) is 0 Å². The van der Waals surface area contributed by atoms with Crippen LogP contribution in [0.4, 0.5) is 9.59 Å². The molecule has 0 aliphatic carbocycles. The van der Waals surface area contributed by atoms with Crippen molar-refractivity contribution in [2.45, 2.75) is 24.2 Å². The smallest absolute Gasteiger partial charge is 0.307 e. The number of amides is 4. The van der Waals surface area contributed by atoms with Crippen molar-refractivity contribution in [3.05, 3.63) is 71.8 Å². The second kappa shape index (κ2) is 8.43. The minimum Gasteiger partial charge on any atom is -0.307 e. The molecular formula is C22H26N4O2S2. The van der Waals surface area contributed by atoms with Gasteiger partial charge in [0.2, 0.25) is 0 Å². The summed E-state index contributed by atoms with van der Waals surface area (Å²) in [6.45, 7) is 0.955. The Bertz CT molecular complexity index is 842. The van der Waals surface area contributed by atoms with Crippen LogP contribution in [0.2, 0.25) is 0 Å². The van der Waals surface area contributed by atoms with Gasteiger partial charge in [0.1, 0.15) is 0 Å². The van der Waals surface area contributed by atoms with E-state index in [0.717, 1.165) is 11.1 Å². The van der Waals surface area contributed by atoms with Crippen molar-refractivity contribution in [3.63, 3.8) is 0 Å². The lowest BCUT2D eigenvalue weighted by molar-refractivity contribution is 0.0402. The number of hydrogen-bond acceptors (Lipinski definition) is 4. The summed E-state index contributed by atoms with van der Waals surface area (Å²) in [4.78, 5) is 30.3. The maximum atomic E-state index is 13.8. The fourth-order valence-corrected chi connectivity index (χ4v) is 5.00. The number of benzene rings is 2. The van der Waals surface area contributed by atoms with Crippen molar-refractivity contribution in [3.8, 4) is 0 Å². The lowest BCUT2D eigenvalue weighted by Gasteiger charge is -2.44. The third-order valence-electron chi connectivity index (χ3n) is 5.85. The number of carbonyl (C=O) groups excluding carboxylic acids is 2. The zero-order chi connectivity index (χ0) is 21.2. The van der Waals surface area contributed by atoms with E-state index in [2.05, 4.69) is 35.9 Å². The Kier molecular flexibility index (Phi) is 5.88. The first-order chi connectivity index (χ1) is 14.6. The average Bonchev–Trinajstić information content (AvgIpc) is 3.18. The van der Waals surface area contributed by atoms with E-state index in [1.165, 1.54) is 0 Å². The van der Waals surface area contributed by atoms with Crippen molar-refractivity contribution < 1.29 is 9.59 Å². The predicted octanol–water partition coefficient (Wildman–Crippen LogP) is 3.38. The normalized spacial score (nSPS) is 25.3. The molecule has 2 aromatic carbocycles. The Hall–Kier alpha value is -2.32. The van der Waals surface area contributed by atoms with E-state index in [1.807, 2.05) is 60.7 Å². The summed E-state index contributed by atoms with van der Waals surface area (Å²) in [5.74, 6) is 1.29. The van der Waals surface area contributed by atoms with Gasteiger partial charge < -0.3 is 10.6 Å². The van der Waals surface area contributed by atoms with Crippen LogP contribution in [0.25, 0.3) is 0 Å². The summed E-state index contributed by atoms with van der Waals surface area (Å²) in [6.07, 6.45) is 1.43. The number of fused-ring (bicyclic) bond motifs is 1. The van der Waals surface area contributed by atoms with Crippen LogP contribution in [-0.2, 0) is 11.3 Å². The highest BCUT2D eigenvalue weighted by atomic mass is 32.1. The van der Waals surface area contributed by atoms with Crippen LogP contribution in [0.15, 0.2) is 60.7 Å². The molecule has 6 nitrogen and oxygen atoms in total. The molecule has 2 aliphatic heterocycles. The molecule has 2 N–H and O–H groups in total. The number of carbonyl (C=O) groups is 2. The summed E-state index contributed by atoms with van der Waals surface area (Å²) in [7, 11) is 0. The van der Waals surface area contributed by atoms with Crippen LogP contribution in [0.1, 0.15) is 24.0 Å². The van der Waals surface area contributed by atoms with Gasteiger partial charge in [0.05, 0.1) is 0 Å². The van der Waals surface area contributed by atoms with E-state index >= 15 is 0 Å². The highest BCUT2D eigenvalue weighted by Crippen LogP contribution is 2.53. The zero-order valence-electron chi connectivity index (χ0n) is 16.6. The maximum absolute atomic E-state index is 13.8. The van der Waals surface area contributed by atoms with Crippen LogP contribution in [-0.4, -0.2) is 46.5 Å². The molecule has 2 fully saturated rings. The van der Waals surface area contributed by atoms with Crippen molar-refractivity contribution >= 4 is 37.3 Å². The quantitative estimate of drug-likeness (QED) is 0.474. The van der Waals surface area contributed by atoms with Crippen LogP contribution in [0.5, 0.6) is 0 Å². The number of hydrogen-bond donors (Lipinski definition) is 4. The topological polar surface area (TPSA) is 64.7 Å². The van der Waals surface area contributed by atoms with Crippen LogP contribution in [0.3, 0.4) is 0 Å². The fraction of sp³-hybridized carbons (Fsp3) is 0.364. The van der Waals surface area contributed by atoms with Crippen LogP contribution < -0.4 is 10.6 Å². The molecule has 0 radical (unpaired) electrons. The average molecular weight is 443 g/mol. The third kappa shape index (κ3) is 2.96. The third-order valence-corrected chi connectivity index (χ3v) is 6.48.